The van der Waals surface area contributed by atoms with E-state index in [-0.39, 0.29) is 12.1 Å². The molecule has 0 atom stereocenters. The van der Waals surface area contributed by atoms with Crippen molar-refractivity contribution >= 4 is 0 Å². The third-order valence-corrected chi connectivity index (χ3v) is 2.25. The standard InChI is InChI=1S/C13H19F3N2O/c1-12(2,3)18-8-10-4-5-11(9-17-10)19-7-6-13(14,15)16/h4-5,9,18H,6-8H2,1-3H3. The number of alkyl halides is 3. The molecule has 0 aliphatic heterocycles. The molecule has 0 aliphatic rings. The van der Waals surface area contributed by atoms with Crippen LogP contribution >= 0.6 is 0 Å². The van der Waals surface area contributed by atoms with E-state index >= 15 is 0 Å². The molecule has 0 saturated heterocycles. The number of hydrogen-bond acceptors (Lipinski definition) is 3. The maximum atomic E-state index is 11.9. The van der Waals surface area contributed by atoms with Gasteiger partial charge in [0.1, 0.15) is 5.75 Å². The number of ether oxygens (including phenoxy) is 1. The van der Waals surface area contributed by atoms with Gasteiger partial charge in [-0.05, 0) is 32.9 Å². The monoisotopic (exact) mass is 276 g/mol. The van der Waals surface area contributed by atoms with Crippen molar-refractivity contribution in [3.8, 4) is 5.75 Å². The second-order valence-electron chi connectivity index (χ2n) is 5.30. The number of hydrogen-bond donors (Lipinski definition) is 1. The second kappa shape index (κ2) is 6.23. The van der Waals surface area contributed by atoms with Crippen LogP contribution < -0.4 is 10.1 Å². The minimum Gasteiger partial charge on any atom is -0.492 e. The second-order valence-corrected chi connectivity index (χ2v) is 5.30. The van der Waals surface area contributed by atoms with Gasteiger partial charge in [0.25, 0.3) is 0 Å². The van der Waals surface area contributed by atoms with Gasteiger partial charge in [0.05, 0.1) is 24.9 Å². The molecule has 0 spiro atoms. The molecule has 0 unspecified atom stereocenters. The lowest BCUT2D eigenvalue weighted by molar-refractivity contribution is -0.139. The lowest BCUT2D eigenvalue weighted by Crippen LogP contribution is -2.35. The normalized spacial score (nSPS) is 12.5. The number of rotatable bonds is 5. The van der Waals surface area contributed by atoms with E-state index < -0.39 is 12.6 Å². The summed E-state index contributed by atoms with van der Waals surface area (Å²) in [6.07, 6.45) is -3.71. The van der Waals surface area contributed by atoms with Crippen LogP contribution in [0.2, 0.25) is 0 Å². The van der Waals surface area contributed by atoms with Crippen molar-refractivity contribution in [1.82, 2.24) is 10.3 Å². The van der Waals surface area contributed by atoms with Gasteiger partial charge in [-0.25, -0.2) is 0 Å². The minimum absolute atomic E-state index is 0.0104. The van der Waals surface area contributed by atoms with Gasteiger partial charge in [-0.15, -0.1) is 0 Å². The Morgan fingerprint density at radius 1 is 1.21 bits per heavy atom. The zero-order valence-electron chi connectivity index (χ0n) is 11.3. The average molecular weight is 276 g/mol. The van der Waals surface area contributed by atoms with Crippen LogP contribution in [0.4, 0.5) is 13.2 Å². The summed E-state index contributed by atoms with van der Waals surface area (Å²) in [5.41, 5.74) is 0.807. The molecule has 0 saturated carbocycles. The zero-order chi connectivity index (χ0) is 14.5. The molecule has 1 N–H and O–H groups in total. The van der Waals surface area contributed by atoms with Crippen LogP contribution in [0, 0.1) is 0 Å². The van der Waals surface area contributed by atoms with Crippen molar-refractivity contribution in [2.45, 2.75) is 45.5 Å². The number of pyridine rings is 1. The van der Waals surface area contributed by atoms with E-state index in [0.717, 1.165) is 5.69 Å². The largest absolute Gasteiger partial charge is 0.492 e. The van der Waals surface area contributed by atoms with Gasteiger partial charge >= 0.3 is 6.18 Å². The SMILES string of the molecule is CC(C)(C)NCc1ccc(OCCC(F)(F)F)cn1. The highest BCUT2D eigenvalue weighted by Crippen LogP contribution is 2.20. The van der Waals surface area contributed by atoms with Crippen LogP contribution in [0.5, 0.6) is 5.75 Å². The van der Waals surface area contributed by atoms with E-state index in [1.54, 1.807) is 12.1 Å². The first-order chi connectivity index (χ1) is 8.66. The highest BCUT2D eigenvalue weighted by molar-refractivity contribution is 5.19. The van der Waals surface area contributed by atoms with Gasteiger partial charge in [-0.2, -0.15) is 13.2 Å². The summed E-state index contributed by atoms with van der Waals surface area (Å²) in [6, 6.07) is 3.37. The molecule has 0 aliphatic carbocycles. The average Bonchev–Trinajstić information content (AvgIpc) is 2.25. The Labute approximate surface area is 111 Å². The molecule has 0 bridgehead atoms. The Balaban J connectivity index is 2.39. The molecule has 0 radical (unpaired) electrons. The van der Waals surface area contributed by atoms with Gasteiger partial charge < -0.3 is 10.1 Å². The molecule has 3 nitrogen and oxygen atoms in total. The molecular formula is C13H19F3N2O. The fourth-order valence-electron chi connectivity index (χ4n) is 1.24. The number of nitrogens with one attached hydrogen (secondary N) is 1. The Morgan fingerprint density at radius 2 is 1.89 bits per heavy atom. The van der Waals surface area contributed by atoms with E-state index in [4.69, 9.17) is 4.74 Å². The molecule has 1 rings (SSSR count). The summed E-state index contributed by atoms with van der Waals surface area (Å²) in [5, 5.41) is 3.27. The maximum Gasteiger partial charge on any atom is 0.392 e. The van der Waals surface area contributed by atoms with E-state index in [1.165, 1.54) is 6.20 Å². The van der Waals surface area contributed by atoms with Gasteiger partial charge in [0.2, 0.25) is 0 Å². The Kier molecular flexibility index (Phi) is 5.17. The van der Waals surface area contributed by atoms with Crippen LogP contribution in [0.15, 0.2) is 18.3 Å². The van der Waals surface area contributed by atoms with Crippen molar-refractivity contribution in [2.24, 2.45) is 0 Å². The lowest BCUT2D eigenvalue weighted by atomic mass is 10.1. The predicted octanol–water partition coefficient (Wildman–Crippen LogP) is 3.30. The summed E-state index contributed by atoms with van der Waals surface area (Å²) >= 11 is 0. The summed E-state index contributed by atoms with van der Waals surface area (Å²) in [4.78, 5) is 4.13. The molecule has 1 aromatic heterocycles. The van der Waals surface area contributed by atoms with Gasteiger partial charge in [0.15, 0.2) is 0 Å². The molecule has 0 amide bonds. The summed E-state index contributed by atoms with van der Waals surface area (Å²) < 4.78 is 40.8. The van der Waals surface area contributed by atoms with Gasteiger partial charge in [-0.1, -0.05) is 0 Å². The number of halogens is 3. The molecule has 0 fully saturated rings. The minimum atomic E-state index is -4.19. The molecule has 6 heteroatoms. The Hall–Kier alpha value is -1.30. The third-order valence-electron chi connectivity index (χ3n) is 2.25. The van der Waals surface area contributed by atoms with Crippen LogP contribution in [0.3, 0.4) is 0 Å². The molecule has 0 aromatic carbocycles. The van der Waals surface area contributed by atoms with Crippen LogP contribution in [-0.2, 0) is 6.54 Å². The Bertz CT molecular complexity index is 382. The van der Waals surface area contributed by atoms with Crippen molar-refractivity contribution < 1.29 is 17.9 Å². The smallest absolute Gasteiger partial charge is 0.392 e. The van der Waals surface area contributed by atoms with E-state index in [9.17, 15) is 13.2 Å². The van der Waals surface area contributed by atoms with Crippen LogP contribution in [0.25, 0.3) is 0 Å². The molecular weight excluding hydrogens is 257 g/mol. The zero-order valence-corrected chi connectivity index (χ0v) is 11.3. The number of nitrogens with zero attached hydrogens (tertiary/aromatic N) is 1. The number of aromatic nitrogens is 1. The predicted molar refractivity (Wildman–Crippen MR) is 67.0 cm³/mol. The van der Waals surface area contributed by atoms with E-state index in [0.29, 0.717) is 12.3 Å². The van der Waals surface area contributed by atoms with Gasteiger partial charge in [-0.3, -0.25) is 4.98 Å². The summed E-state index contributed by atoms with van der Waals surface area (Å²) in [7, 11) is 0. The van der Waals surface area contributed by atoms with Gasteiger partial charge in [0, 0.05) is 12.1 Å². The quantitative estimate of drug-likeness (QED) is 0.896. The summed E-state index contributed by atoms with van der Waals surface area (Å²) in [6.45, 7) is 6.35. The molecule has 108 valence electrons. The van der Waals surface area contributed by atoms with E-state index in [2.05, 4.69) is 10.3 Å². The van der Waals surface area contributed by atoms with Crippen LogP contribution in [-0.4, -0.2) is 23.3 Å². The highest BCUT2D eigenvalue weighted by Gasteiger charge is 2.26. The molecule has 19 heavy (non-hydrogen) atoms. The van der Waals surface area contributed by atoms with E-state index in [1.807, 2.05) is 20.8 Å². The fraction of sp³-hybridized carbons (Fsp3) is 0.615. The summed E-state index contributed by atoms with van der Waals surface area (Å²) in [5.74, 6) is 0.351. The van der Waals surface area contributed by atoms with Crippen molar-refractivity contribution in [1.29, 1.82) is 0 Å². The van der Waals surface area contributed by atoms with Crippen molar-refractivity contribution in [3.63, 3.8) is 0 Å². The molecule has 1 aromatic rings. The first kappa shape index (κ1) is 15.8. The van der Waals surface area contributed by atoms with Crippen molar-refractivity contribution in [3.05, 3.63) is 24.0 Å². The van der Waals surface area contributed by atoms with Crippen LogP contribution in [0.1, 0.15) is 32.9 Å². The molecule has 1 heterocycles. The third kappa shape index (κ3) is 7.66. The first-order valence-electron chi connectivity index (χ1n) is 6.05. The topological polar surface area (TPSA) is 34.1 Å². The first-order valence-corrected chi connectivity index (χ1v) is 6.05. The fourth-order valence-corrected chi connectivity index (χ4v) is 1.24. The highest BCUT2D eigenvalue weighted by atomic mass is 19.4. The Morgan fingerprint density at radius 3 is 2.37 bits per heavy atom. The lowest BCUT2D eigenvalue weighted by Gasteiger charge is -2.20. The van der Waals surface area contributed by atoms with Crippen molar-refractivity contribution in [2.75, 3.05) is 6.61 Å². The maximum absolute atomic E-state index is 11.9.